The van der Waals surface area contributed by atoms with E-state index in [-0.39, 0.29) is 5.54 Å². The van der Waals surface area contributed by atoms with Crippen molar-refractivity contribution >= 4 is 0 Å². The number of nitrogens with two attached hydrogens (primary N) is 1. The second-order valence-electron chi connectivity index (χ2n) is 5.56. The number of rotatable bonds is 7. The molecule has 1 atom stereocenters. The SMILES string of the molecule is CCCCCCC(C)(CN)N1CCCCC1. The third-order valence-electron chi connectivity index (χ3n) is 4.13. The fourth-order valence-electron chi connectivity index (χ4n) is 2.76. The topological polar surface area (TPSA) is 29.3 Å². The fraction of sp³-hybridized carbons (Fsp3) is 1.00. The Labute approximate surface area is 102 Å². The Balaban J connectivity index is 2.35. The minimum absolute atomic E-state index is 0.272. The van der Waals surface area contributed by atoms with Gasteiger partial charge in [0.1, 0.15) is 0 Å². The number of likely N-dealkylation sites (tertiary alicyclic amines) is 1. The predicted molar refractivity (Wildman–Crippen MR) is 71.6 cm³/mol. The Morgan fingerprint density at radius 2 is 1.75 bits per heavy atom. The van der Waals surface area contributed by atoms with E-state index < -0.39 is 0 Å². The molecule has 2 heteroatoms. The lowest BCUT2D eigenvalue weighted by Crippen LogP contribution is -2.53. The van der Waals surface area contributed by atoms with E-state index in [1.165, 1.54) is 64.5 Å². The molecule has 2 N–H and O–H groups in total. The van der Waals surface area contributed by atoms with Gasteiger partial charge in [-0.3, -0.25) is 4.90 Å². The van der Waals surface area contributed by atoms with E-state index in [9.17, 15) is 0 Å². The zero-order chi connectivity index (χ0) is 11.9. The van der Waals surface area contributed by atoms with Crippen LogP contribution in [0.3, 0.4) is 0 Å². The summed E-state index contributed by atoms with van der Waals surface area (Å²) >= 11 is 0. The molecule has 1 rings (SSSR count). The van der Waals surface area contributed by atoms with Crippen molar-refractivity contribution in [2.45, 2.75) is 70.8 Å². The molecular weight excluding hydrogens is 196 g/mol. The van der Waals surface area contributed by atoms with E-state index in [0.29, 0.717) is 0 Å². The highest BCUT2D eigenvalue weighted by Crippen LogP contribution is 2.25. The number of unbranched alkanes of at least 4 members (excludes halogenated alkanes) is 3. The summed E-state index contributed by atoms with van der Waals surface area (Å²) in [6, 6.07) is 0. The van der Waals surface area contributed by atoms with Crippen molar-refractivity contribution in [1.82, 2.24) is 4.90 Å². The molecule has 1 fully saturated rings. The second kappa shape index (κ2) is 7.29. The van der Waals surface area contributed by atoms with Crippen LogP contribution in [0.2, 0.25) is 0 Å². The Bertz CT molecular complexity index is 176. The van der Waals surface area contributed by atoms with Gasteiger partial charge in [0, 0.05) is 12.1 Å². The van der Waals surface area contributed by atoms with Crippen molar-refractivity contribution in [1.29, 1.82) is 0 Å². The maximum absolute atomic E-state index is 6.01. The highest BCUT2D eigenvalue weighted by Gasteiger charge is 2.30. The molecule has 1 saturated heterocycles. The molecule has 1 aliphatic rings. The van der Waals surface area contributed by atoms with Gasteiger partial charge in [-0.15, -0.1) is 0 Å². The van der Waals surface area contributed by atoms with Gasteiger partial charge in [0.05, 0.1) is 0 Å². The summed E-state index contributed by atoms with van der Waals surface area (Å²) in [6.07, 6.45) is 10.8. The van der Waals surface area contributed by atoms with Gasteiger partial charge >= 0.3 is 0 Å². The number of piperidine rings is 1. The van der Waals surface area contributed by atoms with E-state index in [2.05, 4.69) is 18.7 Å². The molecule has 0 aromatic rings. The molecule has 0 aliphatic carbocycles. The van der Waals surface area contributed by atoms with E-state index in [0.717, 1.165) is 6.54 Å². The maximum atomic E-state index is 6.01. The molecule has 0 spiro atoms. The van der Waals surface area contributed by atoms with Gasteiger partial charge in [0.2, 0.25) is 0 Å². The minimum Gasteiger partial charge on any atom is -0.329 e. The van der Waals surface area contributed by atoms with Crippen LogP contribution in [0.15, 0.2) is 0 Å². The lowest BCUT2D eigenvalue weighted by atomic mass is 9.90. The van der Waals surface area contributed by atoms with Gasteiger partial charge in [-0.25, -0.2) is 0 Å². The normalized spacial score (nSPS) is 21.9. The van der Waals surface area contributed by atoms with Crippen molar-refractivity contribution in [3.63, 3.8) is 0 Å². The Hall–Kier alpha value is -0.0800. The molecule has 1 unspecified atom stereocenters. The summed E-state index contributed by atoms with van der Waals surface area (Å²) < 4.78 is 0. The van der Waals surface area contributed by atoms with Gasteiger partial charge < -0.3 is 5.73 Å². The molecule has 1 heterocycles. The van der Waals surface area contributed by atoms with Crippen LogP contribution in [0, 0.1) is 0 Å². The number of hydrogen-bond acceptors (Lipinski definition) is 2. The first kappa shape index (κ1) is 14.0. The summed E-state index contributed by atoms with van der Waals surface area (Å²) in [7, 11) is 0. The molecule has 0 aromatic carbocycles. The lowest BCUT2D eigenvalue weighted by Gasteiger charge is -2.43. The van der Waals surface area contributed by atoms with Gasteiger partial charge in [0.25, 0.3) is 0 Å². The molecule has 0 amide bonds. The summed E-state index contributed by atoms with van der Waals surface area (Å²) in [4.78, 5) is 2.64. The number of hydrogen-bond donors (Lipinski definition) is 1. The third-order valence-corrected chi connectivity index (χ3v) is 4.13. The van der Waals surface area contributed by atoms with Crippen LogP contribution >= 0.6 is 0 Å². The highest BCUT2D eigenvalue weighted by molar-refractivity contribution is 4.88. The van der Waals surface area contributed by atoms with Crippen LogP contribution in [0.4, 0.5) is 0 Å². The summed E-state index contributed by atoms with van der Waals surface area (Å²) in [6.45, 7) is 7.99. The molecule has 0 bridgehead atoms. The largest absolute Gasteiger partial charge is 0.329 e. The molecule has 96 valence electrons. The van der Waals surface area contributed by atoms with Crippen molar-refractivity contribution in [3.8, 4) is 0 Å². The first-order valence-electron chi connectivity index (χ1n) is 7.18. The average molecular weight is 226 g/mol. The van der Waals surface area contributed by atoms with Crippen LogP contribution in [-0.2, 0) is 0 Å². The summed E-state index contributed by atoms with van der Waals surface area (Å²) in [5.74, 6) is 0. The zero-order valence-electron chi connectivity index (χ0n) is 11.3. The van der Waals surface area contributed by atoms with Gasteiger partial charge in [-0.2, -0.15) is 0 Å². The summed E-state index contributed by atoms with van der Waals surface area (Å²) in [5.41, 5.74) is 6.28. The monoisotopic (exact) mass is 226 g/mol. The molecule has 0 radical (unpaired) electrons. The van der Waals surface area contributed by atoms with Gasteiger partial charge in [-0.1, -0.05) is 39.0 Å². The highest BCUT2D eigenvalue weighted by atomic mass is 15.2. The van der Waals surface area contributed by atoms with Crippen LogP contribution in [0.1, 0.15) is 65.2 Å². The molecule has 0 aromatic heterocycles. The standard InChI is InChI=1S/C14H30N2/c1-3-4-5-7-10-14(2,13-15)16-11-8-6-9-12-16/h3-13,15H2,1-2H3. The van der Waals surface area contributed by atoms with E-state index in [1.807, 2.05) is 0 Å². The molecule has 16 heavy (non-hydrogen) atoms. The van der Waals surface area contributed by atoms with Crippen LogP contribution < -0.4 is 5.73 Å². The van der Waals surface area contributed by atoms with Crippen molar-refractivity contribution in [2.24, 2.45) is 5.73 Å². The van der Waals surface area contributed by atoms with Gasteiger partial charge in [0.15, 0.2) is 0 Å². The van der Waals surface area contributed by atoms with E-state index >= 15 is 0 Å². The Morgan fingerprint density at radius 3 is 2.31 bits per heavy atom. The fourth-order valence-corrected chi connectivity index (χ4v) is 2.76. The minimum atomic E-state index is 0.272. The van der Waals surface area contributed by atoms with Crippen LogP contribution in [0.5, 0.6) is 0 Å². The van der Waals surface area contributed by atoms with Gasteiger partial charge in [-0.05, 0) is 39.3 Å². The van der Waals surface area contributed by atoms with Crippen molar-refractivity contribution in [2.75, 3.05) is 19.6 Å². The average Bonchev–Trinajstić information content (AvgIpc) is 2.35. The predicted octanol–water partition coefficient (Wildman–Crippen LogP) is 3.16. The lowest BCUT2D eigenvalue weighted by molar-refractivity contribution is 0.0771. The molecule has 1 aliphatic heterocycles. The smallest absolute Gasteiger partial charge is 0.0303 e. The van der Waals surface area contributed by atoms with Crippen molar-refractivity contribution in [3.05, 3.63) is 0 Å². The summed E-state index contributed by atoms with van der Waals surface area (Å²) in [5, 5.41) is 0. The number of nitrogens with zero attached hydrogens (tertiary/aromatic N) is 1. The van der Waals surface area contributed by atoms with Crippen molar-refractivity contribution < 1.29 is 0 Å². The molecular formula is C14H30N2. The quantitative estimate of drug-likeness (QED) is 0.676. The zero-order valence-corrected chi connectivity index (χ0v) is 11.3. The first-order valence-corrected chi connectivity index (χ1v) is 7.18. The third kappa shape index (κ3) is 4.06. The Kier molecular flexibility index (Phi) is 6.37. The van der Waals surface area contributed by atoms with E-state index in [4.69, 9.17) is 5.73 Å². The second-order valence-corrected chi connectivity index (χ2v) is 5.56. The van der Waals surface area contributed by atoms with Crippen LogP contribution in [0.25, 0.3) is 0 Å². The molecule has 0 saturated carbocycles. The maximum Gasteiger partial charge on any atom is 0.0303 e. The molecule has 2 nitrogen and oxygen atoms in total. The van der Waals surface area contributed by atoms with Crippen LogP contribution in [-0.4, -0.2) is 30.1 Å². The Morgan fingerprint density at radius 1 is 1.06 bits per heavy atom. The first-order chi connectivity index (χ1) is 7.73. The van der Waals surface area contributed by atoms with E-state index in [1.54, 1.807) is 0 Å².